The fraction of sp³-hybridized carbons (Fsp3) is 0.235. The number of halogens is 1. The molecule has 0 aliphatic carbocycles. The maximum Gasteiger partial charge on any atom is 0.244 e. The van der Waals surface area contributed by atoms with Gasteiger partial charge in [-0.2, -0.15) is 0 Å². The number of nitrogens with zero attached hydrogens (tertiary/aromatic N) is 1. The zero-order valence-corrected chi connectivity index (χ0v) is 12.0. The van der Waals surface area contributed by atoms with Crippen molar-refractivity contribution in [1.82, 2.24) is 0 Å². The van der Waals surface area contributed by atoms with E-state index in [0.717, 1.165) is 5.56 Å². The maximum absolute atomic E-state index is 13.3. The molecule has 4 heteroatoms. The molecule has 1 amide bonds. The highest BCUT2D eigenvalue weighted by atomic mass is 19.1. The summed E-state index contributed by atoms with van der Waals surface area (Å²) in [6, 6.07) is 15.0. The Labute approximate surface area is 124 Å². The first-order chi connectivity index (χ1) is 10.1. The van der Waals surface area contributed by atoms with E-state index in [1.807, 2.05) is 37.3 Å². The largest absolute Gasteiger partial charge is 0.320 e. The number of carbonyl (C=O) groups is 1. The van der Waals surface area contributed by atoms with Crippen LogP contribution in [0.15, 0.2) is 54.6 Å². The first-order valence-electron chi connectivity index (χ1n) is 6.98. The summed E-state index contributed by atoms with van der Waals surface area (Å²) in [4.78, 5) is 14.0. The minimum absolute atomic E-state index is 0.202. The number of rotatable bonds is 5. The van der Waals surface area contributed by atoms with Gasteiger partial charge in [0.25, 0.3) is 0 Å². The average Bonchev–Trinajstić information content (AvgIpc) is 2.49. The fourth-order valence-electron chi connectivity index (χ4n) is 2.27. The molecule has 0 heterocycles. The molecule has 2 aromatic rings. The highest BCUT2D eigenvalue weighted by molar-refractivity contribution is 5.97. The third kappa shape index (κ3) is 3.89. The molecule has 0 aliphatic heterocycles. The van der Waals surface area contributed by atoms with Gasteiger partial charge in [0.1, 0.15) is 5.82 Å². The molecule has 1 atom stereocenters. The summed E-state index contributed by atoms with van der Waals surface area (Å²) in [6.07, 6.45) is 0.464. The molecule has 2 aromatic carbocycles. The van der Waals surface area contributed by atoms with Crippen LogP contribution < -0.4 is 10.6 Å². The normalized spacial score (nSPS) is 12.0. The Morgan fingerprint density at radius 1 is 1.19 bits per heavy atom. The van der Waals surface area contributed by atoms with Gasteiger partial charge in [-0.3, -0.25) is 4.79 Å². The molecule has 2 N–H and O–H groups in total. The van der Waals surface area contributed by atoms with Crippen LogP contribution in [0.2, 0.25) is 0 Å². The molecular formula is C17H19FN2O. The molecule has 3 nitrogen and oxygen atoms in total. The number of carbonyl (C=O) groups excluding carboxylic acids is 1. The summed E-state index contributed by atoms with van der Waals surface area (Å²) in [6.45, 7) is 2.29. The van der Waals surface area contributed by atoms with E-state index in [1.54, 1.807) is 12.1 Å². The first-order valence-corrected chi connectivity index (χ1v) is 6.98. The van der Waals surface area contributed by atoms with Gasteiger partial charge in [0.15, 0.2) is 0 Å². The van der Waals surface area contributed by atoms with E-state index in [1.165, 1.54) is 17.0 Å². The molecule has 0 spiro atoms. The molecule has 0 bridgehead atoms. The molecule has 2 rings (SSSR count). The van der Waals surface area contributed by atoms with Gasteiger partial charge in [0.2, 0.25) is 5.91 Å². The number of hydrogen-bond donors (Lipinski definition) is 1. The number of nitrogens with two attached hydrogens (primary N) is 1. The minimum Gasteiger partial charge on any atom is -0.320 e. The summed E-state index contributed by atoms with van der Waals surface area (Å²) < 4.78 is 13.3. The van der Waals surface area contributed by atoms with Gasteiger partial charge < -0.3 is 10.6 Å². The van der Waals surface area contributed by atoms with Crippen molar-refractivity contribution in [3.05, 3.63) is 66.0 Å². The van der Waals surface area contributed by atoms with Crippen molar-refractivity contribution in [3.63, 3.8) is 0 Å². The smallest absolute Gasteiger partial charge is 0.244 e. The number of hydrogen-bond acceptors (Lipinski definition) is 2. The molecule has 110 valence electrons. The van der Waals surface area contributed by atoms with Gasteiger partial charge >= 0.3 is 0 Å². The predicted octanol–water partition coefficient (Wildman–Crippen LogP) is 2.75. The van der Waals surface area contributed by atoms with Crippen molar-refractivity contribution in [3.8, 4) is 0 Å². The number of benzene rings is 2. The summed E-state index contributed by atoms with van der Waals surface area (Å²) in [5, 5.41) is 0. The SMILES string of the molecule is CCN(C(=O)[C@@H](N)Cc1ccccc1)c1cccc(F)c1. The second-order valence-corrected chi connectivity index (χ2v) is 4.86. The van der Waals surface area contributed by atoms with Crippen molar-refractivity contribution in [2.45, 2.75) is 19.4 Å². The van der Waals surface area contributed by atoms with Crippen molar-refractivity contribution < 1.29 is 9.18 Å². The highest BCUT2D eigenvalue weighted by Crippen LogP contribution is 2.17. The molecule has 0 fully saturated rings. The quantitative estimate of drug-likeness (QED) is 0.918. The maximum atomic E-state index is 13.3. The van der Waals surface area contributed by atoms with E-state index in [2.05, 4.69) is 0 Å². The third-order valence-corrected chi connectivity index (χ3v) is 3.32. The monoisotopic (exact) mass is 286 g/mol. The van der Waals surface area contributed by atoms with Gasteiger partial charge in [-0.1, -0.05) is 36.4 Å². The highest BCUT2D eigenvalue weighted by Gasteiger charge is 2.21. The molecular weight excluding hydrogens is 267 g/mol. The van der Waals surface area contributed by atoms with Crippen LogP contribution in [0.3, 0.4) is 0 Å². The third-order valence-electron chi connectivity index (χ3n) is 3.32. The van der Waals surface area contributed by atoms with Gasteiger partial charge in [-0.25, -0.2) is 4.39 Å². The topological polar surface area (TPSA) is 46.3 Å². The van der Waals surface area contributed by atoms with Crippen LogP contribution in [0.4, 0.5) is 10.1 Å². The Morgan fingerprint density at radius 3 is 2.52 bits per heavy atom. The van der Waals surface area contributed by atoms with Crippen LogP contribution in [0, 0.1) is 5.82 Å². The van der Waals surface area contributed by atoms with E-state index in [0.29, 0.717) is 18.7 Å². The van der Waals surface area contributed by atoms with E-state index in [9.17, 15) is 9.18 Å². The van der Waals surface area contributed by atoms with Crippen LogP contribution >= 0.6 is 0 Å². The second-order valence-electron chi connectivity index (χ2n) is 4.86. The van der Waals surface area contributed by atoms with Gasteiger partial charge in [0.05, 0.1) is 6.04 Å². The van der Waals surface area contributed by atoms with E-state index in [-0.39, 0.29) is 11.7 Å². The lowest BCUT2D eigenvalue weighted by Gasteiger charge is -2.24. The number of likely N-dealkylation sites (N-methyl/N-ethyl adjacent to an activating group) is 1. The molecule has 21 heavy (non-hydrogen) atoms. The fourth-order valence-corrected chi connectivity index (χ4v) is 2.27. The lowest BCUT2D eigenvalue weighted by atomic mass is 10.1. The molecule has 0 aliphatic rings. The molecule has 0 aromatic heterocycles. The van der Waals surface area contributed by atoms with Crippen LogP contribution in [0.5, 0.6) is 0 Å². The summed E-state index contributed by atoms with van der Waals surface area (Å²) in [7, 11) is 0. The lowest BCUT2D eigenvalue weighted by molar-refractivity contribution is -0.119. The van der Waals surface area contributed by atoms with E-state index < -0.39 is 6.04 Å². The van der Waals surface area contributed by atoms with Crippen molar-refractivity contribution >= 4 is 11.6 Å². The van der Waals surface area contributed by atoms with Gasteiger partial charge in [0, 0.05) is 12.2 Å². The van der Waals surface area contributed by atoms with Crippen LogP contribution in [-0.2, 0) is 11.2 Å². The number of anilines is 1. The van der Waals surface area contributed by atoms with Crippen LogP contribution in [0.25, 0.3) is 0 Å². The standard InChI is InChI=1S/C17H19FN2O/c1-2-20(15-10-6-9-14(18)12-15)17(21)16(19)11-13-7-4-3-5-8-13/h3-10,12,16H,2,11,19H2,1H3/t16-/m0/s1. The molecule has 0 unspecified atom stereocenters. The Balaban J connectivity index is 2.12. The zero-order valence-electron chi connectivity index (χ0n) is 12.0. The van der Waals surface area contributed by atoms with Crippen LogP contribution in [0.1, 0.15) is 12.5 Å². The molecule has 0 radical (unpaired) electrons. The van der Waals surface area contributed by atoms with E-state index >= 15 is 0 Å². The summed E-state index contributed by atoms with van der Waals surface area (Å²) in [5.74, 6) is -0.567. The Bertz CT molecular complexity index is 601. The molecule has 0 saturated heterocycles. The second kappa shape index (κ2) is 6.99. The lowest BCUT2D eigenvalue weighted by Crippen LogP contribution is -2.45. The van der Waals surface area contributed by atoms with Crippen molar-refractivity contribution in [1.29, 1.82) is 0 Å². The Kier molecular flexibility index (Phi) is 5.06. The summed E-state index contributed by atoms with van der Waals surface area (Å²) in [5.41, 5.74) is 7.56. The van der Waals surface area contributed by atoms with Crippen molar-refractivity contribution in [2.75, 3.05) is 11.4 Å². The Morgan fingerprint density at radius 2 is 1.90 bits per heavy atom. The minimum atomic E-state index is -0.643. The van der Waals surface area contributed by atoms with E-state index in [4.69, 9.17) is 5.73 Å². The summed E-state index contributed by atoms with van der Waals surface area (Å²) >= 11 is 0. The van der Waals surface area contributed by atoms with Crippen molar-refractivity contribution in [2.24, 2.45) is 5.73 Å². The van der Waals surface area contributed by atoms with Gasteiger partial charge in [-0.15, -0.1) is 0 Å². The zero-order chi connectivity index (χ0) is 15.2. The van der Waals surface area contributed by atoms with Gasteiger partial charge in [-0.05, 0) is 37.1 Å². The molecule has 0 saturated carbocycles. The first kappa shape index (κ1) is 15.2. The Hall–Kier alpha value is -2.20. The average molecular weight is 286 g/mol. The number of amides is 1. The predicted molar refractivity (Wildman–Crippen MR) is 82.5 cm³/mol. The van der Waals surface area contributed by atoms with Crippen LogP contribution in [-0.4, -0.2) is 18.5 Å².